The van der Waals surface area contributed by atoms with E-state index in [2.05, 4.69) is 16.8 Å². The van der Waals surface area contributed by atoms with Crippen molar-refractivity contribution in [1.82, 2.24) is 10.2 Å². The number of benzene rings is 1. The summed E-state index contributed by atoms with van der Waals surface area (Å²) in [7, 11) is 0. The molecule has 1 aliphatic heterocycles. The van der Waals surface area contributed by atoms with E-state index in [1.165, 1.54) is 6.07 Å². The highest BCUT2D eigenvalue weighted by Crippen LogP contribution is 2.35. The Morgan fingerprint density at radius 3 is 2.52 bits per heavy atom. The summed E-state index contributed by atoms with van der Waals surface area (Å²) in [5.74, 6) is -1.23. The summed E-state index contributed by atoms with van der Waals surface area (Å²) >= 11 is 0. The van der Waals surface area contributed by atoms with Gasteiger partial charge in [-0.1, -0.05) is 12.1 Å². The highest BCUT2D eigenvalue weighted by molar-refractivity contribution is 5.30. The minimum absolute atomic E-state index is 0.203. The van der Waals surface area contributed by atoms with Gasteiger partial charge in [-0.3, -0.25) is 4.90 Å². The standard InChI is InChI=1S/C15H18F4N2/c1-2-3-14(21-8-6-20-7-9-21)11-4-5-13(16)12(10-11)15(17,18)19/h2,4-5,10,14,20H,1,3,6-9H2/t14-/m1/s1. The van der Waals surface area contributed by atoms with Crippen LogP contribution in [0.25, 0.3) is 0 Å². The van der Waals surface area contributed by atoms with Crippen molar-refractivity contribution in [2.75, 3.05) is 26.2 Å². The van der Waals surface area contributed by atoms with Gasteiger partial charge in [0, 0.05) is 32.2 Å². The lowest BCUT2D eigenvalue weighted by Gasteiger charge is -2.35. The topological polar surface area (TPSA) is 15.3 Å². The van der Waals surface area contributed by atoms with E-state index in [4.69, 9.17) is 0 Å². The molecule has 116 valence electrons. The molecule has 1 N–H and O–H groups in total. The average molecular weight is 302 g/mol. The number of piperazine rings is 1. The van der Waals surface area contributed by atoms with E-state index in [9.17, 15) is 17.6 Å². The van der Waals surface area contributed by atoms with Crippen LogP contribution in [0.1, 0.15) is 23.6 Å². The quantitative estimate of drug-likeness (QED) is 0.677. The largest absolute Gasteiger partial charge is 0.419 e. The summed E-state index contributed by atoms with van der Waals surface area (Å²) in [6.45, 7) is 6.75. The SMILES string of the molecule is C=CC[C@H](c1ccc(F)c(C(F)(F)F)c1)N1CCNCC1. The average Bonchev–Trinajstić information content (AvgIpc) is 2.45. The fourth-order valence-corrected chi connectivity index (χ4v) is 2.62. The molecule has 0 radical (unpaired) electrons. The Balaban J connectivity index is 2.33. The molecule has 0 amide bonds. The maximum atomic E-state index is 13.4. The van der Waals surface area contributed by atoms with Crippen LogP contribution in [0, 0.1) is 5.82 Å². The second kappa shape index (κ2) is 6.58. The van der Waals surface area contributed by atoms with E-state index in [1.807, 2.05) is 0 Å². The Morgan fingerprint density at radius 2 is 1.95 bits per heavy atom. The summed E-state index contributed by atoms with van der Waals surface area (Å²) < 4.78 is 51.9. The normalized spacial score (nSPS) is 18.5. The summed E-state index contributed by atoms with van der Waals surface area (Å²) in [6, 6.07) is 3.05. The number of rotatable bonds is 4. The Morgan fingerprint density at radius 1 is 1.29 bits per heavy atom. The van der Waals surface area contributed by atoms with E-state index in [0.717, 1.165) is 38.3 Å². The van der Waals surface area contributed by atoms with Crippen molar-refractivity contribution in [1.29, 1.82) is 0 Å². The van der Waals surface area contributed by atoms with Gasteiger partial charge in [0.05, 0.1) is 5.56 Å². The third-order valence-electron chi connectivity index (χ3n) is 3.66. The number of hydrogen-bond donors (Lipinski definition) is 1. The van der Waals surface area contributed by atoms with Crippen molar-refractivity contribution in [3.05, 3.63) is 47.8 Å². The number of nitrogens with one attached hydrogen (secondary N) is 1. The van der Waals surface area contributed by atoms with Crippen LogP contribution < -0.4 is 5.32 Å². The van der Waals surface area contributed by atoms with Crippen molar-refractivity contribution in [2.45, 2.75) is 18.6 Å². The van der Waals surface area contributed by atoms with Crippen LogP contribution in [0.4, 0.5) is 17.6 Å². The molecule has 0 spiro atoms. The smallest absolute Gasteiger partial charge is 0.314 e. The van der Waals surface area contributed by atoms with E-state index in [1.54, 1.807) is 6.08 Å². The zero-order valence-corrected chi connectivity index (χ0v) is 11.6. The first kappa shape index (κ1) is 16.0. The van der Waals surface area contributed by atoms with Crippen molar-refractivity contribution in [2.24, 2.45) is 0 Å². The summed E-state index contributed by atoms with van der Waals surface area (Å²) in [4.78, 5) is 2.10. The van der Waals surface area contributed by atoms with Crippen molar-refractivity contribution < 1.29 is 17.6 Å². The molecule has 1 fully saturated rings. The van der Waals surface area contributed by atoms with Crippen molar-refractivity contribution >= 4 is 0 Å². The lowest BCUT2D eigenvalue weighted by molar-refractivity contribution is -0.140. The third kappa shape index (κ3) is 3.83. The molecule has 0 unspecified atom stereocenters. The monoisotopic (exact) mass is 302 g/mol. The van der Waals surface area contributed by atoms with Gasteiger partial charge in [0.25, 0.3) is 0 Å². The van der Waals surface area contributed by atoms with Crippen LogP contribution >= 0.6 is 0 Å². The van der Waals surface area contributed by atoms with Crippen LogP contribution in [-0.2, 0) is 6.18 Å². The molecule has 0 bridgehead atoms. The van der Waals surface area contributed by atoms with Gasteiger partial charge in [-0.2, -0.15) is 13.2 Å². The zero-order chi connectivity index (χ0) is 15.5. The van der Waals surface area contributed by atoms with Gasteiger partial charge in [0.1, 0.15) is 5.82 Å². The molecule has 2 nitrogen and oxygen atoms in total. The fraction of sp³-hybridized carbons (Fsp3) is 0.467. The van der Waals surface area contributed by atoms with Gasteiger partial charge in [-0.15, -0.1) is 6.58 Å². The Bertz CT molecular complexity index is 493. The molecule has 2 rings (SSSR count). The molecule has 1 aromatic carbocycles. The van der Waals surface area contributed by atoms with E-state index < -0.39 is 17.6 Å². The lowest BCUT2D eigenvalue weighted by atomic mass is 9.98. The summed E-state index contributed by atoms with van der Waals surface area (Å²) in [6.07, 6.45) is -2.46. The maximum absolute atomic E-state index is 13.4. The Labute approximate surface area is 121 Å². The molecule has 0 aromatic heterocycles. The van der Waals surface area contributed by atoms with Gasteiger partial charge in [0.2, 0.25) is 0 Å². The van der Waals surface area contributed by atoms with Crippen LogP contribution in [0.15, 0.2) is 30.9 Å². The van der Waals surface area contributed by atoms with E-state index in [0.29, 0.717) is 12.0 Å². The molecule has 0 aliphatic carbocycles. The molecule has 1 saturated heterocycles. The highest BCUT2D eigenvalue weighted by Gasteiger charge is 2.35. The van der Waals surface area contributed by atoms with Gasteiger partial charge in [-0.25, -0.2) is 4.39 Å². The molecule has 1 aromatic rings. The van der Waals surface area contributed by atoms with E-state index in [-0.39, 0.29) is 6.04 Å². The highest BCUT2D eigenvalue weighted by atomic mass is 19.4. The first-order chi connectivity index (χ1) is 9.93. The zero-order valence-electron chi connectivity index (χ0n) is 11.6. The molecule has 0 saturated carbocycles. The first-order valence-electron chi connectivity index (χ1n) is 6.86. The molecule has 1 aliphatic rings. The number of halogens is 4. The summed E-state index contributed by atoms with van der Waals surface area (Å²) in [5, 5.41) is 3.20. The Kier molecular flexibility index (Phi) is 5.00. The van der Waals surface area contributed by atoms with Gasteiger partial charge >= 0.3 is 6.18 Å². The molecule has 21 heavy (non-hydrogen) atoms. The Hall–Kier alpha value is -1.40. The number of nitrogens with zero attached hydrogens (tertiary/aromatic N) is 1. The molecule has 6 heteroatoms. The first-order valence-corrected chi connectivity index (χ1v) is 6.86. The minimum Gasteiger partial charge on any atom is -0.314 e. The number of alkyl halides is 3. The van der Waals surface area contributed by atoms with Crippen LogP contribution in [0.3, 0.4) is 0 Å². The fourth-order valence-electron chi connectivity index (χ4n) is 2.62. The maximum Gasteiger partial charge on any atom is 0.419 e. The van der Waals surface area contributed by atoms with E-state index >= 15 is 0 Å². The lowest BCUT2D eigenvalue weighted by Crippen LogP contribution is -2.45. The minimum atomic E-state index is -4.68. The van der Waals surface area contributed by atoms with Crippen molar-refractivity contribution in [3.8, 4) is 0 Å². The molecular weight excluding hydrogens is 284 g/mol. The predicted molar refractivity (Wildman–Crippen MR) is 73.4 cm³/mol. The number of hydrogen-bond acceptors (Lipinski definition) is 2. The third-order valence-corrected chi connectivity index (χ3v) is 3.66. The van der Waals surface area contributed by atoms with Crippen LogP contribution in [0.5, 0.6) is 0 Å². The van der Waals surface area contributed by atoms with Crippen LogP contribution in [-0.4, -0.2) is 31.1 Å². The van der Waals surface area contributed by atoms with Gasteiger partial charge in [0.15, 0.2) is 0 Å². The second-order valence-electron chi connectivity index (χ2n) is 5.06. The van der Waals surface area contributed by atoms with Crippen molar-refractivity contribution in [3.63, 3.8) is 0 Å². The molecular formula is C15H18F4N2. The molecule has 1 heterocycles. The van der Waals surface area contributed by atoms with Crippen LogP contribution in [0.2, 0.25) is 0 Å². The molecule has 1 atom stereocenters. The summed E-state index contributed by atoms with van der Waals surface area (Å²) in [5.41, 5.74) is -0.727. The van der Waals surface area contributed by atoms with Gasteiger partial charge in [-0.05, 0) is 24.1 Å². The van der Waals surface area contributed by atoms with Gasteiger partial charge < -0.3 is 5.32 Å². The second-order valence-corrected chi connectivity index (χ2v) is 5.06. The predicted octanol–water partition coefficient (Wildman–Crippen LogP) is 3.37.